The molecule has 1 aliphatic rings. The molecule has 0 saturated carbocycles. The molecule has 0 aliphatic carbocycles. The maximum Gasteiger partial charge on any atom is 0.261 e. The van der Waals surface area contributed by atoms with E-state index in [0.29, 0.717) is 59.0 Å². The number of halogens is 2. The summed E-state index contributed by atoms with van der Waals surface area (Å²) in [6.07, 6.45) is 4.13. The third kappa shape index (κ3) is 4.32. The molecule has 5 rings (SSSR count). The van der Waals surface area contributed by atoms with E-state index in [4.69, 9.17) is 23.2 Å². The fraction of sp³-hybridized carbons (Fsp3) is 0.250. The van der Waals surface area contributed by atoms with E-state index in [1.165, 1.54) is 12.5 Å². The number of amides is 1. The quantitative estimate of drug-likeness (QED) is 0.447. The van der Waals surface area contributed by atoms with Crippen molar-refractivity contribution >= 4 is 40.1 Å². The smallest absolute Gasteiger partial charge is 0.261 e. The van der Waals surface area contributed by atoms with Crippen molar-refractivity contribution in [3.8, 4) is 5.69 Å². The normalized spacial score (nSPS) is 15.6. The van der Waals surface area contributed by atoms with Crippen LogP contribution in [0.3, 0.4) is 0 Å². The molecule has 0 bridgehead atoms. The summed E-state index contributed by atoms with van der Waals surface area (Å²) in [6.45, 7) is 0.822. The Morgan fingerprint density at radius 2 is 1.94 bits per heavy atom. The van der Waals surface area contributed by atoms with E-state index in [1.807, 2.05) is 24.3 Å². The lowest BCUT2D eigenvalue weighted by molar-refractivity contribution is -0.0162. The summed E-state index contributed by atoms with van der Waals surface area (Å²) >= 11 is 12.2. The number of aromatic nitrogens is 4. The molecule has 0 radical (unpaired) electrons. The number of H-pyrrole nitrogens is 1. The van der Waals surface area contributed by atoms with Crippen molar-refractivity contribution in [2.24, 2.45) is 0 Å². The van der Waals surface area contributed by atoms with Gasteiger partial charge in [-0.1, -0.05) is 35.3 Å². The Hall–Kier alpha value is -3.20. The molecule has 8 nitrogen and oxygen atoms in total. The third-order valence-electron chi connectivity index (χ3n) is 6.20. The van der Waals surface area contributed by atoms with E-state index >= 15 is 0 Å². The summed E-state index contributed by atoms with van der Waals surface area (Å²) in [5.74, 6) is -0.190. The molecule has 0 atom stereocenters. The Labute approximate surface area is 204 Å². The van der Waals surface area contributed by atoms with Gasteiger partial charge in [-0.2, -0.15) is 5.10 Å². The zero-order valence-electron chi connectivity index (χ0n) is 18.0. The van der Waals surface area contributed by atoms with Crippen molar-refractivity contribution in [3.05, 3.63) is 86.5 Å². The number of benzene rings is 2. The zero-order chi connectivity index (χ0) is 23.9. The Bertz CT molecular complexity index is 1440. The molecule has 34 heavy (non-hydrogen) atoms. The van der Waals surface area contributed by atoms with Crippen LogP contribution < -0.4 is 5.56 Å². The predicted octanol–water partition coefficient (Wildman–Crippen LogP) is 3.63. The number of aliphatic hydroxyl groups is 1. The molecule has 10 heteroatoms. The first kappa shape index (κ1) is 22.6. The fourth-order valence-corrected chi connectivity index (χ4v) is 4.73. The number of fused-ring (bicyclic) bond motifs is 1. The summed E-state index contributed by atoms with van der Waals surface area (Å²) in [7, 11) is 0. The minimum absolute atomic E-state index is 0.190. The van der Waals surface area contributed by atoms with Crippen molar-refractivity contribution in [1.29, 1.82) is 0 Å². The molecule has 4 aromatic rings. The lowest BCUT2D eigenvalue weighted by atomic mass is 9.85. The zero-order valence-corrected chi connectivity index (χ0v) is 19.6. The lowest BCUT2D eigenvalue weighted by Crippen LogP contribution is -2.47. The Balaban J connectivity index is 1.31. The summed E-state index contributed by atoms with van der Waals surface area (Å²) in [5, 5.41) is 16.8. The first-order chi connectivity index (χ1) is 16.3. The highest BCUT2D eigenvalue weighted by Crippen LogP contribution is 2.30. The number of nitrogens with one attached hydrogen (secondary N) is 1. The number of piperidine rings is 1. The van der Waals surface area contributed by atoms with Gasteiger partial charge in [0, 0.05) is 24.5 Å². The number of aromatic amines is 1. The lowest BCUT2D eigenvalue weighted by Gasteiger charge is -2.38. The van der Waals surface area contributed by atoms with Crippen LogP contribution in [0.1, 0.15) is 28.8 Å². The van der Waals surface area contributed by atoms with Gasteiger partial charge in [0.2, 0.25) is 0 Å². The molecule has 174 valence electrons. The van der Waals surface area contributed by atoms with Crippen molar-refractivity contribution in [2.45, 2.75) is 24.9 Å². The number of rotatable bonds is 4. The maximum atomic E-state index is 12.9. The Kier molecular flexibility index (Phi) is 5.89. The van der Waals surface area contributed by atoms with Gasteiger partial charge in [0.25, 0.3) is 11.5 Å². The van der Waals surface area contributed by atoms with Gasteiger partial charge in [-0.25, -0.2) is 9.67 Å². The van der Waals surface area contributed by atoms with Gasteiger partial charge in [0.1, 0.15) is 5.39 Å². The molecule has 2 N–H and O–H groups in total. The van der Waals surface area contributed by atoms with Gasteiger partial charge < -0.3 is 15.0 Å². The van der Waals surface area contributed by atoms with Gasteiger partial charge in [-0.05, 0) is 48.7 Å². The second-order valence-electron chi connectivity index (χ2n) is 8.51. The van der Waals surface area contributed by atoms with Crippen LogP contribution in [0, 0.1) is 0 Å². The minimum Gasteiger partial charge on any atom is -0.389 e. The van der Waals surface area contributed by atoms with Crippen LogP contribution in [-0.2, 0) is 6.42 Å². The van der Waals surface area contributed by atoms with E-state index in [1.54, 1.807) is 27.8 Å². The number of carbonyl (C=O) groups excluding carboxylic acids is 1. The molecule has 1 fully saturated rings. The molecule has 0 spiro atoms. The van der Waals surface area contributed by atoms with E-state index in [9.17, 15) is 14.7 Å². The Morgan fingerprint density at radius 3 is 2.74 bits per heavy atom. The molecule has 1 saturated heterocycles. The third-order valence-corrected chi connectivity index (χ3v) is 6.76. The average molecular weight is 498 g/mol. The van der Waals surface area contributed by atoms with E-state index < -0.39 is 5.60 Å². The molecule has 1 aliphatic heterocycles. The topological polar surface area (TPSA) is 104 Å². The van der Waals surface area contributed by atoms with Crippen LogP contribution >= 0.6 is 23.2 Å². The molecule has 1 amide bonds. The van der Waals surface area contributed by atoms with Crippen molar-refractivity contribution in [2.75, 3.05) is 13.1 Å². The van der Waals surface area contributed by atoms with Gasteiger partial charge >= 0.3 is 0 Å². The van der Waals surface area contributed by atoms with Gasteiger partial charge in [0.05, 0.1) is 34.4 Å². The fourth-order valence-electron chi connectivity index (χ4n) is 4.36. The van der Waals surface area contributed by atoms with Crippen molar-refractivity contribution in [3.63, 3.8) is 0 Å². The summed E-state index contributed by atoms with van der Waals surface area (Å²) < 4.78 is 1.61. The number of carbonyl (C=O) groups is 1. The summed E-state index contributed by atoms with van der Waals surface area (Å²) in [6, 6.07) is 12.4. The molecule has 0 unspecified atom stereocenters. The predicted molar refractivity (Wildman–Crippen MR) is 130 cm³/mol. The highest BCUT2D eigenvalue weighted by atomic mass is 35.5. The second kappa shape index (κ2) is 8.87. The van der Waals surface area contributed by atoms with Crippen LogP contribution in [0.15, 0.2) is 59.8 Å². The standard InChI is InChI=1S/C24H21Cl2N5O3/c25-16-4-5-20(26)18(11-16)23(33)30-8-6-24(34,7-9-30)12-15-2-1-3-17(10-15)31-21-19(13-29-31)22(32)28-14-27-21/h1-5,10-11,13-14,34H,6-9,12H2,(H,27,28,32). The van der Waals surface area contributed by atoms with Gasteiger partial charge in [-0.3, -0.25) is 9.59 Å². The first-order valence-electron chi connectivity index (χ1n) is 10.8. The van der Waals surface area contributed by atoms with Crippen LogP contribution in [0.5, 0.6) is 0 Å². The second-order valence-corrected chi connectivity index (χ2v) is 9.36. The van der Waals surface area contributed by atoms with Gasteiger partial charge in [-0.15, -0.1) is 0 Å². The molecular formula is C24H21Cl2N5O3. The van der Waals surface area contributed by atoms with Crippen LogP contribution in [0.4, 0.5) is 0 Å². The molecular weight excluding hydrogens is 477 g/mol. The summed E-state index contributed by atoms with van der Waals surface area (Å²) in [4.78, 5) is 33.4. The van der Waals surface area contributed by atoms with Crippen LogP contribution in [0.25, 0.3) is 16.7 Å². The van der Waals surface area contributed by atoms with Gasteiger partial charge in [0.15, 0.2) is 5.65 Å². The molecule has 3 heterocycles. The maximum absolute atomic E-state index is 12.9. The number of hydrogen-bond donors (Lipinski definition) is 2. The highest BCUT2D eigenvalue weighted by Gasteiger charge is 2.34. The Morgan fingerprint density at radius 1 is 1.15 bits per heavy atom. The van der Waals surface area contributed by atoms with E-state index in [-0.39, 0.29) is 11.5 Å². The number of nitrogens with zero attached hydrogens (tertiary/aromatic N) is 4. The van der Waals surface area contributed by atoms with Crippen molar-refractivity contribution < 1.29 is 9.90 Å². The van der Waals surface area contributed by atoms with E-state index in [0.717, 1.165) is 11.3 Å². The SMILES string of the molecule is O=C(c1cc(Cl)ccc1Cl)N1CCC(O)(Cc2cccc(-n3ncc4c(=O)[nH]cnc43)c2)CC1. The largest absolute Gasteiger partial charge is 0.389 e. The average Bonchev–Trinajstić information content (AvgIpc) is 3.26. The van der Waals surface area contributed by atoms with Crippen LogP contribution in [0.2, 0.25) is 10.0 Å². The minimum atomic E-state index is -0.949. The van der Waals surface area contributed by atoms with Crippen molar-refractivity contribution in [1.82, 2.24) is 24.6 Å². The highest BCUT2D eigenvalue weighted by molar-refractivity contribution is 6.35. The van der Waals surface area contributed by atoms with E-state index in [2.05, 4.69) is 15.1 Å². The molecule has 2 aromatic heterocycles. The monoisotopic (exact) mass is 497 g/mol. The van der Waals surface area contributed by atoms with Crippen LogP contribution in [-0.4, -0.2) is 54.4 Å². The first-order valence-corrected chi connectivity index (χ1v) is 11.6. The number of likely N-dealkylation sites (tertiary alicyclic amines) is 1. The summed E-state index contributed by atoms with van der Waals surface area (Å²) in [5.41, 5.74) is 1.30. The number of hydrogen-bond acceptors (Lipinski definition) is 5. The molecule has 2 aromatic carbocycles.